The van der Waals surface area contributed by atoms with Gasteiger partial charge in [0, 0.05) is 12.3 Å². The Kier molecular flexibility index (Phi) is 4.87. The smallest absolute Gasteiger partial charge is 0.323 e. The molecule has 0 unspecified atom stereocenters. The van der Waals surface area contributed by atoms with Crippen molar-refractivity contribution >= 4 is 11.7 Å². The minimum absolute atomic E-state index is 0.327. The van der Waals surface area contributed by atoms with Crippen LogP contribution in [-0.2, 0) is 0 Å². The predicted molar refractivity (Wildman–Crippen MR) is 66.5 cm³/mol. The van der Waals surface area contributed by atoms with Gasteiger partial charge in [-0.1, -0.05) is 6.08 Å². The van der Waals surface area contributed by atoms with Gasteiger partial charge in [0.05, 0.1) is 19.9 Å². The number of urea groups is 1. The molecule has 0 aliphatic rings. The van der Waals surface area contributed by atoms with Crippen molar-refractivity contribution in [1.82, 2.24) is 5.32 Å². The topological polar surface area (TPSA) is 59.6 Å². The lowest BCUT2D eigenvalue weighted by atomic mass is 10.2. The normalized spacial score (nSPS) is 10.1. The summed E-state index contributed by atoms with van der Waals surface area (Å²) in [7, 11) is 3.10. The fourth-order valence-electron chi connectivity index (χ4n) is 1.22. The molecule has 92 valence electrons. The van der Waals surface area contributed by atoms with Gasteiger partial charge in [0.1, 0.15) is 11.5 Å². The Hall–Kier alpha value is -2.17. The van der Waals surface area contributed by atoms with Gasteiger partial charge in [-0.05, 0) is 19.1 Å². The molecule has 5 heteroatoms. The molecule has 0 atom stereocenters. The molecule has 0 saturated heterocycles. The maximum Gasteiger partial charge on any atom is 0.323 e. The molecule has 0 radical (unpaired) electrons. The first-order chi connectivity index (χ1) is 8.21. The number of hydrogen-bond acceptors (Lipinski definition) is 3. The largest absolute Gasteiger partial charge is 0.497 e. The third-order valence-corrected chi connectivity index (χ3v) is 2.04. The molecule has 0 aliphatic carbocycles. The Labute approximate surface area is 100 Å². The molecule has 2 N–H and O–H groups in total. The van der Waals surface area contributed by atoms with Crippen molar-refractivity contribution in [3.63, 3.8) is 0 Å². The molecule has 2 amide bonds. The summed E-state index contributed by atoms with van der Waals surface area (Å²) >= 11 is 0. The summed E-state index contributed by atoms with van der Waals surface area (Å²) in [6, 6.07) is 4.83. The summed E-state index contributed by atoms with van der Waals surface area (Å²) in [6.45, 7) is 1.81. The molecule has 1 aromatic rings. The van der Waals surface area contributed by atoms with Crippen LogP contribution in [-0.4, -0.2) is 20.3 Å². The van der Waals surface area contributed by atoms with Crippen molar-refractivity contribution in [1.29, 1.82) is 0 Å². The van der Waals surface area contributed by atoms with Crippen LogP contribution in [0.5, 0.6) is 11.5 Å². The highest BCUT2D eigenvalue weighted by molar-refractivity contribution is 5.91. The minimum Gasteiger partial charge on any atom is -0.497 e. The van der Waals surface area contributed by atoms with Crippen LogP contribution in [0.1, 0.15) is 6.92 Å². The molecule has 0 aliphatic heterocycles. The van der Waals surface area contributed by atoms with E-state index in [1.165, 1.54) is 7.11 Å². The zero-order valence-corrected chi connectivity index (χ0v) is 10.1. The third-order valence-electron chi connectivity index (χ3n) is 2.04. The quantitative estimate of drug-likeness (QED) is 0.843. The molecule has 0 fully saturated rings. The van der Waals surface area contributed by atoms with Gasteiger partial charge in [-0.15, -0.1) is 0 Å². The molecule has 17 heavy (non-hydrogen) atoms. The van der Waals surface area contributed by atoms with Gasteiger partial charge < -0.3 is 20.1 Å². The number of carbonyl (C=O) groups excluding carboxylic acids is 1. The molecular weight excluding hydrogens is 220 g/mol. The molecule has 0 aromatic heterocycles. The van der Waals surface area contributed by atoms with E-state index in [9.17, 15) is 4.79 Å². The van der Waals surface area contributed by atoms with Gasteiger partial charge >= 0.3 is 6.03 Å². The fraction of sp³-hybridized carbons (Fsp3) is 0.250. The van der Waals surface area contributed by atoms with E-state index < -0.39 is 0 Å². The lowest BCUT2D eigenvalue weighted by Gasteiger charge is -2.11. The maximum atomic E-state index is 11.4. The fourth-order valence-corrected chi connectivity index (χ4v) is 1.22. The number of hydrogen-bond donors (Lipinski definition) is 2. The second kappa shape index (κ2) is 6.42. The summed E-state index contributed by atoms with van der Waals surface area (Å²) in [5.41, 5.74) is 0.579. The number of allylic oxidation sites excluding steroid dienone is 1. The van der Waals surface area contributed by atoms with E-state index in [-0.39, 0.29) is 6.03 Å². The van der Waals surface area contributed by atoms with E-state index in [0.717, 1.165) is 0 Å². The number of methoxy groups -OCH3 is 2. The Morgan fingerprint density at radius 1 is 1.29 bits per heavy atom. The van der Waals surface area contributed by atoms with E-state index >= 15 is 0 Å². The third kappa shape index (κ3) is 3.71. The van der Waals surface area contributed by atoms with E-state index in [1.807, 2.05) is 6.92 Å². The van der Waals surface area contributed by atoms with Crippen LogP contribution < -0.4 is 20.1 Å². The van der Waals surface area contributed by atoms with Crippen molar-refractivity contribution in [2.75, 3.05) is 19.5 Å². The van der Waals surface area contributed by atoms with Crippen molar-refractivity contribution in [3.05, 3.63) is 30.5 Å². The van der Waals surface area contributed by atoms with Gasteiger partial charge in [-0.2, -0.15) is 0 Å². The first-order valence-corrected chi connectivity index (χ1v) is 5.12. The zero-order valence-electron chi connectivity index (χ0n) is 10.1. The summed E-state index contributed by atoms with van der Waals surface area (Å²) in [5, 5.41) is 5.21. The monoisotopic (exact) mass is 236 g/mol. The van der Waals surface area contributed by atoms with Crippen LogP contribution in [0.15, 0.2) is 30.5 Å². The van der Waals surface area contributed by atoms with Crippen LogP contribution in [0.25, 0.3) is 0 Å². The number of rotatable bonds is 4. The molecule has 0 spiro atoms. The van der Waals surface area contributed by atoms with E-state index in [2.05, 4.69) is 10.6 Å². The highest BCUT2D eigenvalue weighted by Gasteiger charge is 2.07. The van der Waals surface area contributed by atoms with Crippen LogP contribution in [0.3, 0.4) is 0 Å². The van der Waals surface area contributed by atoms with Gasteiger partial charge in [0.2, 0.25) is 0 Å². The van der Waals surface area contributed by atoms with E-state index in [1.54, 1.807) is 37.6 Å². The SMILES string of the molecule is C/C=C/NC(=O)Nc1ccc(OC)cc1OC. The Bertz CT molecular complexity index is 416. The van der Waals surface area contributed by atoms with Gasteiger partial charge in [0.15, 0.2) is 0 Å². The van der Waals surface area contributed by atoms with Crippen molar-refractivity contribution in [2.24, 2.45) is 0 Å². The summed E-state index contributed by atoms with van der Waals surface area (Å²) < 4.78 is 10.2. The van der Waals surface area contributed by atoms with Gasteiger partial charge in [0.25, 0.3) is 0 Å². The second-order valence-electron chi connectivity index (χ2n) is 3.16. The number of nitrogens with one attached hydrogen (secondary N) is 2. The number of carbonyl (C=O) groups is 1. The standard InChI is InChI=1S/C12H16N2O3/c1-4-7-13-12(15)14-10-6-5-9(16-2)8-11(10)17-3/h4-8H,1-3H3,(H2,13,14,15)/b7-4+. The molecule has 0 bridgehead atoms. The number of ether oxygens (including phenoxy) is 2. The Morgan fingerprint density at radius 3 is 2.65 bits per heavy atom. The predicted octanol–water partition coefficient (Wildman–Crippen LogP) is 2.36. The summed E-state index contributed by atoms with van der Waals surface area (Å²) in [6.07, 6.45) is 3.27. The van der Waals surface area contributed by atoms with Crippen molar-refractivity contribution in [2.45, 2.75) is 6.92 Å². The van der Waals surface area contributed by atoms with E-state index in [4.69, 9.17) is 9.47 Å². The Balaban J connectivity index is 2.79. The summed E-state index contributed by atoms with van der Waals surface area (Å²) in [5.74, 6) is 1.21. The van der Waals surface area contributed by atoms with Gasteiger partial charge in [-0.25, -0.2) is 4.79 Å². The van der Waals surface area contributed by atoms with Crippen LogP contribution in [0.4, 0.5) is 10.5 Å². The molecule has 1 aromatic carbocycles. The number of benzene rings is 1. The zero-order chi connectivity index (χ0) is 12.7. The van der Waals surface area contributed by atoms with Crippen molar-refractivity contribution in [3.8, 4) is 11.5 Å². The highest BCUT2D eigenvalue weighted by atomic mass is 16.5. The average Bonchev–Trinajstić information content (AvgIpc) is 2.36. The lowest BCUT2D eigenvalue weighted by Crippen LogP contribution is -2.23. The minimum atomic E-state index is -0.327. The van der Waals surface area contributed by atoms with E-state index in [0.29, 0.717) is 17.2 Å². The van der Waals surface area contributed by atoms with Crippen LogP contribution >= 0.6 is 0 Å². The molecular formula is C12H16N2O3. The molecule has 5 nitrogen and oxygen atoms in total. The molecule has 1 rings (SSSR count). The first kappa shape index (κ1) is 12.9. The van der Waals surface area contributed by atoms with Crippen LogP contribution in [0.2, 0.25) is 0 Å². The van der Waals surface area contributed by atoms with Gasteiger partial charge in [-0.3, -0.25) is 0 Å². The maximum absolute atomic E-state index is 11.4. The lowest BCUT2D eigenvalue weighted by molar-refractivity contribution is 0.255. The van der Waals surface area contributed by atoms with Crippen molar-refractivity contribution < 1.29 is 14.3 Å². The molecule has 0 heterocycles. The Morgan fingerprint density at radius 2 is 2.06 bits per heavy atom. The second-order valence-corrected chi connectivity index (χ2v) is 3.16. The van der Waals surface area contributed by atoms with Crippen LogP contribution in [0, 0.1) is 0 Å². The summed E-state index contributed by atoms with van der Waals surface area (Å²) in [4.78, 5) is 11.4. The number of anilines is 1. The highest BCUT2D eigenvalue weighted by Crippen LogP contribution is 2.28. The number of amides is 2. The first-order valence-electron chi connectivity index (χ1n) is 5.12. The average molecular weight is 236 g/mol. The molecule has 0 saturated carbocycles.